The monoisotopic (exact) mass is 600 g/mol. The highest BCUT2D eigenvalue weighted by Crippen LogP contribution is 2.36. The lowest BCUT2D eigenvalue weighted by Crippen LogP contribution is -2.17. The quantitative estimate of drug-likeness (QED) is 0.165. The van der Waals surface area contributed by atoms with Crippen molar-refractivity contribution in [2.75, 3.05) is 18.2 Å². The lowest BCUT2D eigenvalue weighted by Gasteiger charge is -2.15. The van der Waals surface area contributed by atoms with Crippen molar-refractivity contribution in [1.82, 2.24) is 14.8 Å². The summed E-state index contributed by atoms with van der Waals surface area (Å²) >= 11 is 5.98. The van der Waals surface area contributed by atoms with Gasteiger partial charge in [-0.2, -0.15) is 0 Å². The summed E-state index contributed by atoms with van der Waals surface area (Å²) in [5.41, 5.74) is 1.93. The van der Waals surface area contributed by atoms with E-state index in [1.807, 2.05) is 78.4 Å². The first-order valence-electron chi connectivity index (χ1n) is 11.4. The lowest BCUT2D eigenvalue weighted by molar-refractivity contribution is -0.113. The van der Waals surface area contributed by atoms with Crippen LogP contribution in [0.4, 0.5) is 5.00 Å². The van der Waals surface area contributed by atoms with Crippen LogP contribution < -0.4 is 10.1 Å². The van der Waals surface area contributed by atoms with Gasteiger partial charge in [0.25, 0.3) is 0 Å². The molecule has 37 heavy (non-hydrogen) atoms. The van der Waals surface area contributed by atoms with Crippen LogP contribution in [0.5, 0.6) is 5.75 Å². The van der Waals surface area contributed by atoms with Crippen molar-refractivity contribution < 1.29 is 19.1 Å². The van der Waals surface area contributed by atoms with E-state index in [2.05, 4.69) is 31.4 Å². The maximum Gasteiger partial charge on any atom is 0.341 e. The van der Waals surface area contributed by atoms with E-state index in [1.165, 1.54) is 30.2 Å². The zero-order chi connectivity index (χ0) is 26.4. The van der Waals surface area contributed by atoms with Crippen molar-refractivity contribution in [3.8, 4) is 16.9 Å². The second-order valence-corrected chi connectivity index (χ2v) is 10.6. The Bertz CT molecular complexity index is 1370. The highest BCUT2D eigenvalue weighted by atomic mass is 79.9. The van der Waals surface area contributed by atoms with Gasteiger partial charge in [-0.05, 0) is 43.7 Å². The number of nitrogens with one attached hydrogen (secondary N) is 1. The molecule has 0 saturated carbocycles. The number of hydrogen-bond donors (Lipinski definition) is 1. The van der Waals surface area contributed by atoms with Crippen molar-refractivity contribution in [2.24, 2.45) is 0 Å². The van der Waals surface area contributed by atoms with Gasteiger partial charge in [-0.3, -0.25) is 4.79 Å². The van der Waals surface area contributed by atoms with E-state index in [0.29, 0.717) is 28.1 Å². The number of methoxy groups -OCH3 is 1. The van der Waals surface area contributed by atoms with Gasteiger partial charge in [0.2, 0.25) is 5.91 Å². The summed E-state index contributed by atoms with van der Waals surface area (Å²) in [4.78, 5) is 25.4. The zero-order valence-electron chi connectivity index (χ0n) is 20.4. The third-order valence-electron chi connectivity index (χ3n) is 5.40. The molecule has 0 aliphatic carbocycles. The SMILES string of the molecule is CCn1c(SCC(=O)Nc2scc(-c3ccccc3)c2C(=O)OC)nnc1C(C)Oc1ccc(Br)cc1. The molecular weight excluding hydrogens is 576 g/mol. The summed E-state index contributed by atoms with van der Waals surface area (Å²) in [5, 5.41) is 14.4. The molecule has 1 unspecified atom stereocenters. The Balaban J connectivity index is 1.44. The molecule has 0 aliphatic rings. The Morgan fingerprint density at radius 3 is 2.54 bits per heavy atom. The molecule has 2 aromatic heterocycles. The van der Waals surface area contributed by atoms with Gasteiger partial charge in [0.15, 0.2) is 17.1 Å². The second-order valence-electron chi connectivity index (χ2n) is 7.85. The Morgan fingerprint density at radius 2 is 1.86 bits per heavy atom. The van der Waals surface area contributed by atoms with Crippen molar-refractivity contribution in [3.63, 3.8) is 0 Å². The summed E-state index contributed by atoms with van der Waals surface area (Å²) in [6, 6.07) is 17.1. The third-order valence-corrected chi connectivity index (χ3v) is 7.79. The molecule has 2 heterocycles. The summed E-state index contributed by atoms with van der Waals surface area (Å²) < 4.78 is 13.9. The molecule has 8 nitrogen and oxygen atoms in total. The van der Waals surface area contributed by atoms with E-state index in [1.54, 1.807) is 0 Å². The van der Waals surface area contributed by atoms with Crippen molar-refractivity contribution in [2.45, 2.75) is 31.7 Å². The zero-order valence-corrected chi connectivity index (χ0v) is 23.7. The van der Waals surface area contributed by atoms with Gasteiger partial charge in [-0.25, -0.2) is 4.79 Å². The molecule has 0 saturated heterocycles. The molecule has 192 valence electrons. The molecule has 0 bridgehead atoms. The summed E-state index contributed by atoms with van der Waals surface area (Å²) in [6.45, 7) is 4.52. The molecule has 0 radical (unpaired) electrons. The Kier molecular flexibility index (Phi) is 9.01. The number of carbonyl (C=O) groups is 2. The molecule has 1 N–H and O–H groups in total. The van der Waals surface area contributed by atoms with Crippen LogP contribution in [-0.2, 0) is 16.1 Å². The molecule has 1 atom stereocenters. The molecule has 4 aromatic rings. The second kappa shape index (κ2) is 12.4. The minimum absolute atomic E-state index is 0.0965. The van der Waals surface area contributed by atoms with Crippen LogP contribution >= 0.6 is 39.0 Å². The summed E-state index contributed by atoms with van der Waals surface area (Å²) in [6.07, 6.45) is -0.332. The van der Waals surface area contributed by atoms with E-state index in [-0.39, 0.29) is 17.8 Å². The average Bonchev–Trinajstić information content (AvgIpc) is 3.52. The number of anilines is 1. The largest absolute Gasteiger partial charge is 0.483 e. The number of carbonyl (C=O) groups excluding carboxylic acids is 2. The number of esters is 1. The van der Waals surface area contributed by atoms with Gasteiger partial charge in [0.05, 0.1) is 12.9 Å². The number of hydrogen-bond acceptors (Lipinski definition) is 8. The topological polar surface area (TPSA) is 95.3 Å². The van der Waals surface area contributed by atoms with Gasteiger partial charge in [0, 0.05) is 22.0 Å². The summed E-state index contributed by atoms with van der Waals surface area (Å²) in [7, 11) is 1.33. The molecular formula is C26H25BrN4O4S2. The molecule has 0 aliphatic heterocycles. The minimum Gasteiger partial charge on any atom is -0.483 e. The Labute approximate surface area is 231 Å². The molecule has 0 spiro atoms. The van der Waals surface area contributed by atoms with E-state index in [9.17, 15) is 9.59 Å². The van der Waals surface area contributed by atoms with Crippen molar-refractivity contribution in [1.29, 1.82) is 0 Å². The van der Waals surface area contributed by atoms with Crippen LogP contribution in [0.25, 0.3) is 11.1 Å². The molecule has 0 fully saturated rings. The summed E-state index contributed by atoms with van der Waals surface area (Å²) in [5.74, 6) is 0.731. The van der Waals surface area contributed by atoms with E-state index >= 15 is 0 Å². The fourth-order valence-electron chi connectivity index (χ4n) is 3.65. The maximum absolute atomic E-state index is 12.8. The number of nitrogens with zero attached hydrogens (tertiary/aromatic N) is 3. The average molecular weight is 602 g/mol. The van der Waals surface area contributed by atoms with Crippen molar-refractivity contribution in [3.05, 3.63) is 75.8 Å². The number of halogens is 1. The number of thioether (sulfide) groups is 1. The van der Waals surface area contributed by atoms with Gasteiger partial charge in [-0.15, -0.1) is 21.5 Å². The Hall–Kier alpha value is -3.15. The van der Waals surface area contributed by atoms with E-state index < -0.39 is 5.97 Å². The molecule has 4 rings (SSSR count). The molecule has 1 amide bonds. The van der Waals surface area contributed by atoms with Gasteiger partial charge >= 0.3 is 5.97 Å². The van der Waals surface area contributed by atoms with Gasteiger partial charge < -0.3 is 19.4 Å². The predicted molar refractivity (Wildman–Crippen MR) is 149 cm³/mol. The fourth-order valence-corrected chi connectivity index (χ4v) is 5.70. The van der Waals surface area contributed by atoms with E-state index in [0.717, 1.165) is 21.3 Å². The highest BCUT2D eigenvalue weighted by Gasteiger charge is 2.23. The van der Waals surface area contributed by atoms with Crippen LogP contribution in [0.15, 0.2) is 69.6 Å². The number of amides is 1. The molecule has 11 heteroatoms. The maximum atomic E-state index is 12.8. The Morgan fingerprint density at radius 1 is 1.14 bits per heavy atom. The van der Waals surface area contributed by atoms with Gasteiger partial charge in [-0.1, -0.05) is 58.0 Å². The minimum atomic E-state index is -0.502. The first kappa shape index (κ1) is 26.9. The van der Waals surface area contributed by atoms with Crippen LogP contribution in [0.2, 0.25) is 0 Å². The predicted octanol–water partition coefficient (Wildman–Crippen LogP) is 6.45. The smallest absolute Gasteiger partial charge is 0.341 e. The van der Waals surface area contributed by atoms with Gasteiger partial charge in [0.1, 0.15) is 16.3 Å². The third kappa shape index (κ3) is 6.41. The number of aromatic nitrogens is 3. The first-order valence-corrected chi connectivity index (χ1v) is 14.1. The van der Waals surface area contributed by atoms with Crippen LogP contribution in [-0.4, -0.2) is 39.5 Å². The molecule has 2 aromatic carbocycles. The van der Waals surface area contributed by atoms with Crippen LogP contribution in [0, 0.1) is 0 Å². The standard InChI is InChI=1S/C26H25BrN4O4S2/c1-4-31-23(16(2)35-19-12-10-18(27)11-13-19)29-30-26(31)37-15-21(32)28-24-22(25(33)34-3)20(14-36-24)17-8-6-5-7-9-17/h5-14,16H,4,15H2,1-3H3,(H,28,32). The number of thiophene rings is 1. The number of benzene rings is 2. The highest BCUT2D eigenvalue weighted by molar-refractivity contribution is 9.10. The van der Waals surface area contributed by atoms with E-state index in [4.69, 9.17) is 9.47 Å². The fraction of sp³-hybridized carbons (Fsp3) is 0.231. The first-order chi connectivity index (χ1) is 17.9. The van der Waals surface area contributed by atoms with Crippen molar-refractivity contribution >= 4 is 55.9 Å². The number of rotatable bonds is 10. The van der Waals surface area contributed by atoms with Crippen LogP contribution in [0.3, 0.4) is 0 Å². The normalized spacial score (nSPS) is 11.7. The van der Waals surface area contributed by atoms with Crippen LogP contribution in [0.1, 0.15) is 36.1 Å². The lowest BCUT2D eigenvalue weighted by atomic mass is 10.0. The number of ether oxygens (including phenoxy) is 2.